The second-order valence-corrected chi connectivity index (χ2v) is 7.15. The van der Waals surface area contributed by atoms with Gasteiger partial charge in [-0.15, -0.1) is 0 Å². The molecule has 0 atom stereocenters. The molecule has 2 aliphatic rings. The summed E-state index contributed by atoms with van der Waals surface area (Å²) in [6.45, 7) is 0.979. The lowest BCUT2D eigenvalue weighted by Crippen LogP contribution is -2.40. The molecule has 1 aromatic carbocycles. The van der Waals surface area contributed by atoms with Crippen molar-refractivity contribution in [3.8, 4) is 0 Å². The van der Waals surface area contributed by atoms with E-state index >= 15 is 0 Å². The van der Waals surface area contributed by atoms with Crippen LogP contribution in [0.25, 0.3) is 0 Å². The number of anilines is 1. The molecule has 0 aromatic heterocycles. The van der Waals surface area contributed by atoms with Crippen LogP contribution in [0.5, 0.6) is 0 Å². The highest BCUT2D eigenvalue weighted by Gasteiger charge is 2.22. The van der Waals surface area contributed by atoms with Crippen molar-refractivity contribution >= 4 is 22.4 Å². The minimum Gasteiger partial charge on any atom is -0.385 e. The summed E-state index contributed by atoms with van der Waals surface area (Å²) in [5.41, 5.74) is 3.02. The van der Waals surface area contributed by atoms with Crippen molar-refractivity contribution in [1.29, 1.82) is 0 Å². The minimum absolute atomic E-state index is 0.0169. The maximum absolute atomic E-state index is 12.5. The van der Waals surface area contributed by atoms with E-state index in [4.69, 9.17) is 0 Å². The summed E-state index contributed by atoms with van der Waals surface area (Å²) < 4.78 is 11.3. The summed E-state index contributed by atoms with van der Waals surface area (Å²) in [7, 11) is -0.683. The van der Waals surface area contributed by atoms with E-state index in [1.807, 2.05) is 18.2 Å². The second-order valence-electron chi connectivity index (χ2n) is 5.46. The first-order chi connectivity index (χ1) is 9.74. The molecule has 0 unspecified atom stereocenters. The Balaban J connectivity index is 1.72. The molecule has 2 aliphatic heterocycles. The van der Waals surface area contributed by atoms with Gasteiger partial charge in [0.2, 0.25) is 0 Å². The zero-order valence-corrected chi connectivity index (χ0v) is 12.3. The summed E-state index contributed by atoms with van der Waals surface area (Å²) in [6, 6.07) is 6.05. The molecule has 0 radical (unpaired) electrons. The Bertz CT molecular complexity index is 535. The van der Waals surface area contributed by atoms with Gasteiger partial charge in [0.25, 0.3) is 5.91 Å². The highest BCUT2D eigenvalue weighted by molar-refractivity contribution is 7.85. The maximum atomic E-state index is 12.5. The Kier molecular flexibility index (Phi) is 4.05. The Labute approximate surface area is 121 Å². The number of hydrogen-bond acceptors (Lipinski definition) is 3. The molecule has 0 bridgehead atoms. The largest absolute Gasteiger partial charge is 0.385 e. The molecule has 20 heavy (non-hydrogen) atoms. The van der Waals surface area contributed by atoms with Crippen LogP contribution in [0.15, 0.2) is 18.2 Å². The van der Waals surface area contributed by atoms with Gasteiger partial charge >= 0.3 is 0 Å². The molecule has 108 valence electrons. The van der Waals surface area contributed by atoms with E-state index in [0.29, 0.717) is 11.5 Å². The third kappa shape index (κ3) is 2.87. The molecule has 0 spiro atoms. The van der Waals surface area contributed by atoms with E-state index in [-0.39, 0.29) is 11.9 Å². The van der Waals surface area contributed by atoms with Gasteiger partial charge in [0, 0.05) is 46.1 Å². The van der Waals surface area contributed by atoms with E-state index in [2.05, 4.69) is 10.6 Å². The van der Waals surface area contributed by atoms with Crippen LogP contribution in [0, 0.1) is 0 Å². The van der Waals surface area contributed by atoms with Gasteiger partial charge < -0.3 is 10.6 Å². The van der Waals surface area contributed by atoms with Crippen molar-refractivity contribution in [2.45, 2.75) is 31.7 Å². The van der Waals surface area contributed by atoms with Crippen LogP contribution in [0.2, 0.25) is 0 Å². The van der Waals surface area contributed by atoms with Crippen molar-refractivity contribution in [2.75, 3.05) is 23.4 Å². The number of carbonyl (C=O) groups excluding carboxylic acids is 1. The molecule has 1 amide bonds. The van der Waals surface area contributed by atoms with Crippen molar-refractivity contribution in [3.05, 3.63) is 29.3 Å². The van der Waals surface area contributed by atoms with Crippen molar-refractivity contribution < 1.29 is 9.00 Å². The monoisotopic (exact) mass is 292 g/mol. The molecular formula is C15H20N2O2S. The van der Waals surface area contributed by atoms with Gasteiger partial charge in [-0.3, -0.25) is 9.00 Å². The zero-order valence-electron chi connectivity index (χ0n) is 11.5. The summed E-state index contributed by atoms with van der Waals surface area (Å²) in [4.78, 5) is 12.5. The molecule has 1 saturated heterocycles. The minimum atomic E-state index is -0.683. The molecule has 1 aromatic rings. The van der Waals surface area contributed by atoms with E-state index in [9.17, 15) is 9.00 Å². The molecule has 2 heterocycles. The highest BCUT2D eigenvalue weighted by Crippen LogP contribution is 2.25. The molecule has 3 rings (SSSR count). The van der Waals surface area contributed by atoms with Crippen LogP contribution < -0.4 is 10.6 Å². The quantitative estimate of drug-likeness (QED) is 0.872. The van der Waals surface area contributed by atoms with Crippen molar-refractivity contribution in [2.24, 2.45) is 0 Å². The molecule has 1 fully saturated rings. The first kappa shape index (κ1) is 13.6. The lowest BCUT2D eigenvalue weighted by Gasteiger charge is -2.25. The Morgan fingerprint density at radius 3 is 2.90 bits per heavy atom. The zero-order chi connectivity index (χ0) is 13.9. The van der Waals surface area contributed by atoms with Gasteiger partial charge in [-0.1, -0.05) is 6.07 Å². The van der Waals surface area contributed by atoms with Crippen LogP contribution >= 0.6 is 0 Å². The van der Waals surface area contributed by atoms with Crippen LogP contribution in [-0.2, 0) is 17.2 Å². The van der Waals surface area contributed by atoms with Gasteiger partial charge in [0.05, 0.1) is 0 Å². The number of fused-ring (bicyclic) bond motifs is 1. The van der Waals surface area contributed by atoms with Gasteiger partial charge in [-0.05, 0) is 43.4 Å². The average Bonchev–Trinajstić information content (AvgIpc) is 2.49. The van der Waals surface area contributed by atoms with Crippen molar-refractivity contribution in [3.63, 3.8) is 0 Å². The molecular weight excluding hydrogens is 272 g/mol. The standard InChI is InChI=1S/C15H20N2O2S/c18-15(17-11-6-9-20(19)10-7-11)13-3-1-5-14-12(13)4-2-8-16-14/h1,3,5,11,16H,2,4,6-10H2,(H,17,18). The third-order valence-electron chi connectivity index (χ3n) is 4.06. The normalized spacial score (nSPS) is 25.4. The lowest BCUT2D eigenvalue weighted by atomic mass is 9.97. The number of benzene rings is 1. The van der Waals surface area contributed by atoms with Crippen LogP contribution in [0.1, 0.15) is 35.2 Å². The fourth-order valence-corrected chi connectivity index (χ4v) is 4.22. The van der Waals surface area contributed by atoms with E-state index in [0.717, 1.165) is 49.0 Å². The van der Waals surface area contributed by atoms with Gasteiger partial charge in [-0.2, -0.15) is 0 Å². The molecule has 0 aliphatic carbocycles. The molecule has 5 heteroatoms. The van der Waals surface area contributed by atoms with Crippen LogP contribution in [-0.4, -0.2) is 34.2 Å². The Morgan fingerprint density at radius 2 is 2.10 bits per heavy atom. The molecule has 4 nitrogen and oxygen atoms in total. The molecule has 0 saturated carbocycles. The predicted molar refractivity (Wildman–Crippen MR) is 81.6 cm³/mol. The van der Waals surface area contributed by atoms with E-state index in [1.165, 1.54) is 0 Å². The summed E-state index contributed by atoms with van der Waals surface area (Å²) in [5.74, 6) is 1.43. The smallest absolute Gasteiger partial charge is 0.251 e. The number of carbonyl (C=O) groups is 1. The Hall–Kier alpha value is -1.36. The number of amides is 1. The third-order valence-corrected chi connectivity index (χ3v) is 5.44. The predicted octanol–water partition coefficient (Wildman–Crippen LogP) is 1.69. The van der Waals surface area contributed by atoms with E-state index < -0.39 is 10.8 Å². The second kappa shape index (κ2) is 5.95. The molecule has 2 N–H and O–H groups in total. The highest BCUT2D eigenvalue weighted by atomic mass is 32.2. The van der Waals surface area contributed by atoms with Crippen molar-refractivity contribution in [1.82, 2.24) is 5.32 Å². The van der Waals surface area contributed by atoms with Crippen LogP contribution in [0.4, 0.5) is 5.69 Å². The number of nitrogens with one attached hydrogen (secondary N) is 2. The Morgan fingerprint density at radius 1 is 1.30 bits per heavy atom. The summed E-state index contributed by atoms with van der Waals surface area (Å²) in [6.07, 6.45) is 3.68. The summed E-state index contributed by atoms with van der Waals surface area (Å²) in [5, 5.41) is 6.45. The van der Waals surface area contributed by atoms with E-state index in [1.54, 1.807) is 0 Å². The lowest BCUT2D eigenvalue weighted by molar-refractivity contribution is 0.0933. The van der Waals surface area contributed by atoms with Gasteiger partial charge in [0.15, 0.2) is 0 Å². The summed E-state index contributed by atoms with van der Waals surface area (Å²) >= 11 is 0. The van der Waals surface area contributed by atoms with Gasteiger partial charge in [-0.25, -0.2) is 0 Å². The maximum Gasteiger partial charge on any atom is 0.251 e. The van der Waals surface area contributed by atoms with Gasteiger partial charge in [0.1, 0.15) is 0 Å². The first-order valence-corrected chi connectivity index (χ1v) is 8.74. The first-order valence-electron chi connectivity index (χ1n) is 7.25. The number of rotatable bonds is 2. The van der Waals surface area contributed by atoms with Crippen LogP contribution in [0.3, 0.4) is 0 Å². The SMILES string of the molecule is O=C(NC1CCS(=O)CC1)c1cccc2c1CCCN2. The topological polar surface area (TPSA) is 58.2 Å². The fraction of sp³-hybridized carbons (Fsp3) is 0.533. The fourth-order valence-electron chi connectivity index (χ4n) is 2.92. The number of hydrogen-bond donors (Lipinski definition) is 2. The average molecular weight is 292 g/mol.